The van der Waals surface area contributed by atoms with Gasteiger partial charge in [0.1, 0.15) is 0 Å². The number of rotatable bonds is 3. The quantitative estimate of drug-likeness (QED) is 0.636. The van der Waals surface area contributed by atoms with Crippen LogP contribution in [-0.4, -0.2) is 42.0 Å². The normalized spacial score (nSPS) is 22.1. The van der Waals surface area contributed by atoms with E-state index in [9.17, 15) is 10.1 Å². The fourth-order valence-electron chi connectivity index (χ4n) is 3.18. The van der Waals surface area contributed by atoms with E-state index in [1.54, 1.807) is 12.1 Å². The first-order chi connectivity index (χ1) is 10.0. The van der Waals surface area contributed by atoms with E-state index in [1.807, 2.05) is 19.1 Å². The molecule has 0 saturated carbocycles. The van der Waals surface area contributed by atoms with Crippen molar-refractivity contribution in [3.63, 3.8) is 0 Å². The Balaban J connectivity index is 1.83. The largest absolute Gasteiger partial charge is 0.368 e. The molecule has 21 heavy (non-hydrogen) atoms. The third-order valence-electron chi connectivity index (χ3n) is 4.29. The van der Waals surface area contributed by atoms with Crippen LogP contribution in [0.2, 0.25) is 0 Å². The molecular formula is C15H18ClN3O2. The lowest BCUT2D eigenvalue weighted by molar-refractivity contribution is -0.384. The zero-order chi connectivity index (χ0) is 15.0. The third kappa shape index (κ3) is 2.89. The van der Waals surface area contributed by atoms with Crippen molar-refractivity contribution in [3.8, 4) is 0 Å². The maximum Gasteiger partial charge on any atom is 0.271 e. The first-order valence-corrected chi connectivity index (χ1v) is 7.51. The molecule has 1 saturated heterocycles. The van der Waals surface area contributed by atoms with E-state index in [1.165, 1.54) is 5.56 Å². The monoisotopic (exact) mass is 307 g/mol. The van der Waals surface area contributed by atoms with Crippen molar-refractivity contribution in [2.24, 2.45) is 0 Å². The predicted octanol–water partition coefficient (Wildman–Crippen LogP) is 2.78. The summed E-state index contributed by atoms with van der Waals surface area (Å²) in [4.78, 5) is 15.3. The number of nitro benzene ring substituents is 1. The van der Waals surface area contributed by atoms with Crippen LogP contribution in [0, 0.1) is 10.1 Å². The van der Waals surface area contributed by atoms with Crippen molar-refractivity contribution >= 4 is 23.0 Å². The minimum Gasteiger partial charge on any atom is -0.368 e. The van der Waals surface area contributed by atoms with E-state index in [4.69, 9.17) is 11.6 Å². The highest BCUT2D eigenvalue weighted by Gasteiger charge is 2.33. The summed E-state index contributed by atoms with van der Waals surface area (Å²) in [6.45, 7) is 5.57. The molecule has 3 rings (SSSR count). The van der Waals surface area contributed by atoms with Gasteiger partial charge in [-0.1, -0.05) is 23.7 Å². The molecule has 1 atom stereocenters. The number of anilines is 1. The van der Waals surface area contributed by atoms with Gasteiger partial charge < -0.3 is 4.90 Å². The highest BCUT2D eigenvalue weighted by molar-refractivity contribution is 6.29. The molecule has 1 fully saturated rings. The van der Waals surface area contributed by atoms with Crippen LogP contribution in [0.25, 0.3) is 0 Å². The van der Waals surface area contributed by atoms with Gasteiger partial charge in [-0.25, -0.2) is 0 Å². The molecule has 1 aromatic rings. The van der Waals surface area contributed by atoms with Crippen LogP contribution in [0.15, 0.2) is 29.3 Å². The van der Waals surface area contributed by atoms with Crippen molar-refractivity contribution < 1.29 is 4.92 Å². The second-order valence-corrected chi connectivity index (χ2v) is 6.26. The SMILES string of the molecule is CC(Cl)=CCN1CCN2C[C@H]1Cc1ccc([N+](=O)[O-])cc12. The molecule has 2 aliphatic heterocycles. The molecular weight excluding hydrogens is 290 g/mol. The van der Waals surface area contributed by atoms with Gasteiger partial charge in [0.25, 0.3) is 5.69 Å². The molecule has 2 heterocycles. The summed E-state index contributed by atoms with van der Waals surface area (Å²) in [7, 11) is 0. The maximum atomic E-state index is 10.9. The van der Waals surface area contributed by atoms with Gasteiger partial charge in [-0.05, 0) is 18.9 Å². The van der Waals surface area contributed by atoms with Crippen LogP contribution in [-0.2, 0) is 6.42 Å². The first-order valence-electron chi connectivity index (χ1n) is 7.13. The average molecular weight is 308 g/mol. The molecule has 0 N–H and O–H groups in total. The number of hydrogen-bond donors (Lipinski definition) is 0. The standard InChI is InChI=1S/C15H18ClN3O2/c1-11(16)4-5-17-6-7-18-10-14(17)8-12-2-3-13(19(20)21)9-15(12)18/h2-4,9,14H,5-8,10H2,1H3/t14-/m1/s1. The van der Waals surface area contributed by atoms with Gasteiger partial charge in [-0.15, -0.1) is 0 Å². The van der Waals surface area contributed by atoms with Crippen molar-refractivity contribution in [2.45, 2.75) is 19.4 Å². The number of fused-ring (bicyclic) bond motifs is 4. The summed E-state index contributed by atoms with van der Waals surface area (Å²) < 4.78 is 0. The minimum atomic E-state index is -0.323. The van der Waals surface area contributed by atoms with E-state index in [0.717, 1.165) is 43.3 Å². The summed E-state index contributed by atoms with van der Waals surface area (Å²) in [5, 5.41) is 11.7. The summed E-state index contributed by atoms with van der Waals surface area (Å²) in [6, 6.07) is 5.68. The first kappa shape index (κ1) is 14.4. The second kappa shape index (κ2) is 5.66. The topological polar surface area (TPSA) is 49.6 Å². The second-order valence-electron chi connectivity index (χ2n) is 5.66. The molecule has 2 bridgehead atoms. The van der Waals surface area contributed by atoms with E-state index in [0.29, 0.717) is 6.04 Å². The predicted molar refractivity (Wildman–Crippen MR) is 84.0 cm³/mol. The lowest BCUT2D eigenvalue weighted by Crippen LogP contribution is -2.56. The molecule has 0 aromatic heterocycles. The van der Waals surface area contributed by atoms with Crippen LogP contribution >= 0.6 is 11.6 Å². The number of hydrogen-bond acceptors (Lipinski definition) is 4. The van der Waals surface area contributed by atoms with Gasteiger partial charge in [0, 0.05) is 55.1 Å². The Morgan fingerprint density at radius 1 is 1.52 bits per heavy atom. The van der Waals surface area contributed by atoms with Gasteiger partial charge in [-0.2, -0.15) is 0 Å². The molecule has 0 unspecified atom stereocenters. The zero-order valence-electron chi connectivity index (χ0n) is 12.0. The van der Waals surface area contributed by atoms with Gasteiger partial charge in [0.2, 0.25) is 0 Å². The van der Waals surface area contributed by atoms with Crippen molar-refractivity contribution in [3.05, 3.63) is 45.0 Å². The number of halogens is 1. The van der Waals surface area contributed by atoms with Crippen LogP contribution in [0.1, 0.15) is 12.5 Å². The molecule has 0 radical (unpaired) electrons. The Hall–Kier alpha value is -1.59. The highest BCUT2D eigenvalue weighted by Crippen LogP contribution is 2.34. The number of piperazine rings is 1. The maximum absolute atomic E-state index is 10.9. The average Bonchev–Trinajstić information content (AvgIpc) is 2.46. The summed E-state index contributed by atoms with van der Waals surface area (Å²) in [6.07, 6.45) is 2.99. The highest BCUT2D eigenvalue weighted by atomic mass is 35.5. The van der Waals surface area contributed by atoms with Gasteiger partial charge in [0.05, 0.1) is 4.92 Å². The fraction of sp³-hybridized carbons (Fsp3) is 0.467. The fourth-order valence-corrected chi connectivity index (χ4v) is 3.24. The molecule has 0 amide bonds. The van der Waals surface area contributed by atoms with Crippen molar-refractivity contribution in [1.29, 1.82) is 0 Å². The van der Waals surface area contributed by atoms with Crippen molar-refractivity contribution in [2.75, 3.05) is 31.1 Å². The van der Waals surface area contributed by atoms with E-state index in [-0.39, 0.29) is 10.6 Å². The van der Waals surface area contributed by atoms with Gasteiger partial charge in [-0.3, -0.25) is 15.0 Å². The van der Waals surface area contributed by atoms with Gasteiger partial charge in [0.15, 0.2) is 0 Å². The number of nitro groups is 1. The summed E-state index contributed by atoms with van der Waals surface area (Å²) in [5.74, 6) is 0. The van der Waals surface area contributed by atoms with Crippen LogP contribution in [0.3, 0.4) is 0 Å². The Morgan fingerprint density at radius 2 is 2.33 bits per heavy atom. The van der Waals surface area contributed by atoms with Crippen LogP contribution < -0.4 is 4.90 Å². The number of nitrogens with zero attached hydrogens (tertiary/aromatic N) is 3. The van der Waals surface area contributed by atoms with Crippen LogP contribution in [0.5, 0.6) is 0 Å². The Labute approximate surface area is 128 Å². The molecule has 0 spiro atoms. The molecule has 6 heteroatoms. The molecule has 0 aliphatic carbocycles. The number of allylic oxidation sites excluding steroid dienone is 1. The Kier molecular flexibility index (Phi) is 3.87. The smallest absolute Gasteiger partial charge is 0.271 e. The minimum absolute atomic E-state index is 0.176. The van der Waals surface area contributed by atoms with Gasteiger partial charge >= 0.3 is 0 Å². The zero-order valence-corrected chi connectivity index (χ0v) is 12.7. The van der Waals surface area contributed by atoms with E-state index in [2.05, 4.69) is 9.80 Å². The summed E-state index contributed by atoms with van der Waals surface area (Å²) >= 11 is 5.92. The van der Waals surface area contributed by atoms with Crippen LogP contribution in [0.4, 0.5) is 11.4 Å². The Bertz CT molecular complexity index is 599. The number of benzene rings is 1. The lowest BCUT2D eigenvalue weighted by Gasteiger charge is -2.46. The van der Waals surface area contributed by atoms with E-state index >= 15 is 0 Å². The molecule has 1 aromatic carbocycles. The van der Waals surface area contributed by atoms with E-state index < -0.39 is 0 Å². The third-order valence-corrected chi connectivity index (χ3v) is 4.44. The lowest BCUT2D eigenvalue weighted by atomic mass is 9.94. The number of non-ortho nitro benzene ring substituents is 1. The molecule has 2 aliphatic rings. The van der Waals surface area contributed by atoms with Crippen molar-refractivity contribution in [1.82, 2.24) is 4.90 Å². The Morgan fingerprint density at radius 3 is 3.05 bits per heavy atom. The molecule has 112 valence electrons. The summed E-state index contributed by atoms with van der Waals surface area (Å²) in [5.41, 5.74) is 2.41. The molecule has 5 nitrogen and oxygen atoms in total.